The maximum atomic E-state index is 5.09. The Bertz CT molecular complexity index is 1330. The molecule has 2 heterocycles. The number of hydrogen-bond acceptors (Lipinski definition) is 2. The van der Waals surface area contributed by atoms with E-state index in [0.717, 1.165) is 37.6 Å². The van der Waals surface area contributed by atoms with Crippen molar-refractivity contribution in [2.45, 2.75) is 38.5 Å². The van der Waals surface area contributed by atoms with Crippen LogP contribution in [0.3, 0.4) is 0 Å². The second-order valence-electron chi connectivity index (χ2n) is 10.1. The van der Waals surface area contributed by atoms with Crippen LogP contribution in [0.25, 0.3) is 32.7 Å². The number of piperidine rings is 2. The van der Waals surface area contributed by atoms with Crippen molar-refractivity contribution in [3.05, 3.63) is 72.8 Å². The van der Waals surface area contributed by atoms with Crippen molar-refractivity contribution < 1.29 is 10.9 Å². The molecule has 4 nitrogen and oxygen atoms in total. The van der Waals surface area contributed by atoms with Gasteiger partial charge in [0, 0.05) is 37.3 Å². The summed E-state index contributed by atoms with van der Waals surface area (Å²) in [6.45, 7) is 4.36. The molecule has 7 heteroatoms. The molecule has 0 aromatic heterocycles. The van der Waals surface area contributed by atoms with Gasteiger partial charge in [0.25, 0.3) is 0 Å². The number of hydrogen-bond donors (Lipinski definition) is 0. The van der Waals surface area contributed by atoms with Crippen LogP contribution in [0.4, 0.5) is 11.4 Å². The van der Waals surface area contributed by atoms with E-state index in [9.17, 15) is 0 Å². The van der Waals surface area contributed by atoms with Gasteiger partial charge in [-0.05, 0) is 72.2 Å². The molecule has 204 valence electrons. The Balaban J connectivity index is 0.000000983. The molecule has 0 amide bonds. The Hall–Kier alpha value is -2.21. The van der Waals surface area contributed by atoms with Crippen molar-refractivity contribution in [2.75, 3.05) is 26.2 Å². The first-order chi connectivity index (χ1) is 19.3. The Labute approximate surface area is 251 Å². The number of aliphatic imine (C=N–C) groups is 2. The zero-order valence-corrected chi connectivity index (χ0v) is 26.2. The van der Waals surface area contributed by atoms with Gasteiger partial charge in [0.05, 0.1) is 24.1 Å². The van der Waals surface area contributed by atoms with Gasteiger partial charge in [0.2, 0.25) is 0 Å². The summed E-state index contributed by atoms with van der Waals surface area (Å²) in [5.41, 5.74) is 4.35. The Morgan fingerprint density at radius 1 is 0.538 bits per heavy atom. The van der Waals surface area contributed by atoms with Crippen LogP contribution in [0.5, 0.6) is 0 Å². The van der Waals surface area contributed by atoms with Crippen molar-refractivity contribution in [1.29, 1.82) is 0 Å². The molecular formula is C32H34Br2N4Ni+2. The van der Waals surface area contributed by atoms with Crippen molar-refractivity contribution in [3.63, 3.8) is 0 Å². The van der Waals surface area contributed by atoms with Crippen LogP contribution in [0.1, 0.15) is 38.5 Å². The Morgan fingerprint density at radius 3 is 1.33 bits per heavy atom. The number of halogens is 2. The monoisotopic (exact) mass is 690 g/mol. The zero-order valence-electron chi connectivity index (χ0n) is 22.0. The van der Waals surface area contributed by atoms with E-state index in [2.05, 4.69) is 124 Å². The summed E-state index contributed by atoms with van der Waals surface area (Å²) in [5.74, 6) is 0. The van der Waals surface area contributed by atoms with Crippen LogP contribution in [0.2, 0.25) is 0 Å². The van der Waals surface area contributed by atoms with Crippen molar-refractivity contribution in [3.8, 4) is 11.1 Å². The summed E-state index contributed by atoms with van der Waals surface area (Å²) in [5, 5.41) is 4.89. The van der Waals surface area contributed by atoms with Gasteiger partial charge in [-0.3, -0.25) is 0 Å². The minimum absolute atomic E-state index is 1.00. The van der Waals surface area contributed by atoms with E-state index >= 15 is 0 Å². The van der Waals surface area contributed by atoms with Gasteiger partial charge in [-0.25, -0.2) is 9.98 Å². The van der Waals surface area contributed by atoms with E-state index in [1.165, 1.54) is 82.1 Å². The quantitative estimate of drug-likeness (QED) is 0.119. The van der Waals surface area contributed by atoms with Crippen LogP contribution < -0.4 is 0 Å². The van der Waals surface area contributed by atoms with Gasteiger partial charge in [0.15, 0.2) is 0 Å². The van der Waals surface area contributed by atoms with E-state index in [1.807, 2.05) is 0 Å². The fraction of sp³-hybridized carbons (Fsp3) is 0.312. The average Bonchev–Trinajstić information content (AvgIpc) is 3.00. The molecule has 0 N–H and O–H groups in total. The third-order valence-electron chi connectivity index (χ3n) is 7.57. The first kappa shape index (κ1) is 28.3. The summed E-state index contributed by atoms with van der Waals surface area (Å²) < 4.78 is 0. The molecule has 0 atom stereocenters. The van der Waals surface area contributed by atoms with Crippen LogP contribution in [-0.4, -0.2) is 48.7 Å². The molecular weight excluding hydrogens is 659 g/mol. The topological polar surface area (TPSA) is 31.2 Å². The standard InChI is InChI=1S/C32H34N4.2BrH.Ni/c1-7-19-35(20-8-1)23-33-29-17-15-25-11-3-5-13-27(25)31(29)32-28-14-6-4-12-26(28)16-18-30(32)34-24-36-21-9-2-10-22-36;;;/h3-6,11-18,23-24H,1-2,7-10,19-22H2;2*1H;/q;;;+4/p-2. The fourth-order valence-corrected chi connectivity index (χ4v) is 5.62. The second kappa shape index (κ2) is 14.4. The van der Waals surface area contributed by atoms with E-state index in [0.29, 0.717) is 0 Å². The van der Waals surface area contributed by atoms with Gasteiger partial charge in [-0.15, -0.1) is 0 Å². The molecule has 4 aromatic carbocycles. The SMILES string of the molecule is C(=Nc1ccc2ccccc2c1-c1c(N=CN2CCCCC2)ccc2ccccc12)N1CCCCC1.[Br][Ni+2][Br]. The third-order valence-corrected chi connectivity index (χ3v) is 7.57. The molecule has 6 rings (SSSR count). The summed E-state index contributed by atoms with van der Waals surface area (Å²) in [7, 11) is 1.25. The summed E-state index contributed by atoms with van der Waals surface area (Å²) in [4.78, 5) is 14.9. The number of rotatable bonds is 5. The number of fused-ring (bicyclic) bond motifs is 2. The van der Waals surface area contributed by atoms with Crippen LogP contribution >= 0.6 is 28.5 Å². The van der Waals surface area contributed by atoms with Crippen LogP contribution in [0, 0.1) is 0 Å². The van der Waals surface area contributed by atoms with Crippen LogP contribution in [-0.2, 0) is 10.9 Å². The number of nitrogens with zero attached hydrogens (tertiary/aromatic N) is 4. The molecule has 0 saturated carbocycles. The number of likely N-dealkylation sites (tertiary alicyclic amines) is 2. The predicted molar refractivity (Wildman–Crippen MR) is 172 cm³/mol. The molecule has 2 fully saturated rings. The minimum atomic E-state index is 1.00. The van der Waals surface area contributed by atoms with Crippen molar-refractivity contribution in [2.24, 2.45) is 9.98 Å². The molecule has 0 spiro atoms. The summed E-state index contributed by atoms with van der Waals surface area (Å²) in [6.07, 6.45) is 11.7. The van der Waals surface area contributed by atoms with Gasteiger partial charge in [-0.1, -0.05) is 60.7 Å². The van der Waals surface area contributed by atoms with Gasteiger partial charge in [-0.2, -0.15) is 0 Å². The first-order valence-corrected chi connectivity index (χ1v) is 18.6. The normalized spacial score (nSPS) is 16.4. The molecule has 0 bridgehead atoms. The second-order valence-corrected chi connectivity index (χ2v) is 15.1. The maximum absolute atomic E-state index is 5.09. The molecule has 0 radical (unpaired) electrons. The Kier molecular flexibility index (Phi) is 10.5. The molecule has 2 aliphatic rings. The molecule has 0 aliphatic carbocycles. The van der Waals surface area contributed by atoms with Crippen molar-refractivity contribution >= 4 is 74.0 Å². The molecule has 4 aromatic rings. The molecule has 39 heavy (non-hydrogen) atoms. The predicted octanol–water partition coefficient (Wildman–Crippen LogP) is 9.64. The first-order valence-electron chi connectivity index (χ1n) is 13.7. The molecule has 0 unspecified atom stereocenters. The fourth-order valence-electron chi connectivity index (χ4n) is 5.62. The van der Waals surface area contributed by atoms with Gasteiger partial charge >= 0.3 is 39.3 Å². The van der Waals surface area contributed by atoms with Crippen LogP contribution in [0.15, 0.2) is 82.8 Å². The third kappa shape index (κ3) is 7.12. The molecule has 2 aliphatic heterocycles. The average molecular weight is 693 g/mol. The Morgan fingerprint density at radius 2 is 0.923 bits per heavy atom. The zero-order chi connectivity index (χ0) is 26.9. The van der Waals surface area contributed by atoms with E-state index in [1.54, 1.807) is 0 Å². The summed E-state index contributed by atoms with van der Waals surface area (Å²) >= 11 is 6.00. The van der Waals surface area contributed by atoms with E-state index in [-0.39, 0.29) is 0 Å². The van der Waals surface area contributed by atoms with Gasteiger partial charge < -0.3 is 9.80 Å². The molecule has 2 saturated heterocycles. The van der Waals surface area contributed by atoms with Gasteiger partial charge in [0.1, 0.15) is 0 Å². The van der Waals surface area contributed by atoms with E-state index in [4.69, 9.17) is 9.98 Å². The van der Waals surface area contributed by atoms with E-state index < -0.39 is 0 Å². The number of benzene rings is 4. The van der Waals surface area contributed by atoms with Crippen molar-refractivity contribution in [1.82, 2.24) is 9.80 Å². The summed E-state index contributed by atoms with van der Waals surface area (Å²) in [6, 6.07) is 26.1.